The number of fused-ring (bicyclic) bond motifs is 1. The normalized spacial score (nSPS) is 11.2. The number of nitrogens with zero attached hydrogens (tertiary/aromatic N) is 4. The van der Waals surface area contributed by atoms with Gasteiger partial charge in [-0.25, -0.2) is 14.6 Å². The maximum absolute atomic E-state index is 12.5. The van der Waals surface area contributed by atoms with Crippen molar-refractivity contribution in [3.63, 3.8) is 0 Å². The lowest BCUT2D eigenvalue weighted by atomic mass is 10.2. The number of hydrogen-bond donors (Lipinski definition) is 2. The van der Waals surface area contributed by atoms with Crippen LogP contribution in [0.25, 0.3) is 11.0 Å². The maximum Gasteiger partial charge on any atom is 0.251 e. The summed E-state index contributed by atoms with van der Waals surface area (Å²) in [5.41, 5.74) is 1.32. The van der Waals surface area contributed by atoms with Gasteiger partial charge in [0.15, 0.2) is 10.8 Å². The zero-order valence-corrected chi connectivity index (χ0v) is 20.4. The molecule has 0 saturated carbocycles. The maximum atomic E-state index is 12.5. The predicted octanol–water partition coefficient (Wildman–Crippen LogP) is 3.60. The molecule has 3 aromatic rings. The molecule has 0 atom stereocenters. The number of aromatic nitrogens is 4. The first-order valence-corrected chi connectivity index (χ1v) is 12.1. The third-order valence-electron chi connectivity index (χ3n) is 4.60. The Labute approximate surface area is 198 Å². The highest BCUT2D eigenvalue weighted by Crippen LogP contribution is 2.26. The first-order chi connectivity index (χ1) is 16.0. The van der Waals surface area contributed by atoms with E-state index in [4.69, 9.17) is 14.5 Å². The van der Waals surface area contributed by atoms with Crippen molar-refractivity contribution in [2.24, 2.45) is 0 Å². The minimum atomic E-state index is -0.140. The van der Waals surface area contributed by atoms with Crippen LogP contribution in [0.15, 0.2) is 35.6 Å². The Kier molecular flexibility index (Phi) is 9.32. The van der Waals surface area contributed by atoms with Crippen LogP contribution in [0.4, 0.5) is 5.82 Å². The molecular formula is C23H32N6O3S. The fourth-order valence-corrected chi connectivity index (χ4v) is 3.83. The molecule has 33 heavy (non-hydrogen) atoms. The number of anilines is 1. The largest absolute Gasteiger partial charge is 0.494 e. The van der Waals surface area contributed by atoms with E-state index in [1.807, 2.05) is 13.8 Å². The van der Waals surface area contributed by atoms with Gasteiger partial charge in [0.05, 0.1) is 31.3 Å². The van der Waals surface area contributed by atoms with Crippen LogP contribution in [0.3, 0.4) is 0 Å². The van der Waals surface area contributed by atoms with Crippen molar-refractivity contribution in [2.45, 2.75) is 44.6 Å². The van der Waals surface area contributed by atoms with E-state index in [1.54, 1.807) is 46.9 Å². The number of hydrogen-bond acceptors (Lipinski definition) is 8. The summed E-state index contributed by atoms with van der Waals surface area (Å²) < 4.78 is 12.6. The molecule has 0 aliphatic carbocycles. The summed E-state index contributed by atoms with van der Waals surface area (Å²) in [7, 11) is 0. The first-order valence-electron chi connectivity index (χ1n) is 11.2. The summed E-state index contributed by atoms with van der Waals surface area (Å²) in [4.78, 5) is 21.9. The van der Waals surface area contributed by atoms with Crippen LogP contribution in [-0.2, 0) is 11.3 Å². The molecule has 9 nitrogen and oxygen atoms in total. The monoisotopic (exact) mass is 472 g/mol. The molecule has 0 aliphatic heterocycles. The molecule has 2 N–H and O–H groups in total. The Morgan fingerprint density at radius 1 is 1.12 bits per heavy atom. The fraction of sp³-hybridized carbons (Fsp3) is 0.478. The second kappa shape index (κ2) is 12.4. The van der Waals surface area contributed by atoms with Crippen LogP contribution in [0.2, 0.25) is 0 Å². The van der Waals surface area contributed by atoms with Gasteiger partial charge in [0.2, 0.25) is 0 Å². The molecule has 1 aromatic carbocycles. The summed E-state index contributed by atoms with van der Waals surface area (Å²) in [5, 5.41) is 12.7. The van der Waals surface area contributed by atoms with Gasteiger partial charge in [0.25, 0.3) is 5.91 Å². The number of nitrogens with one attached hydrogen (secondary N) is 2. The zero-order chi connectivity index (χ0) is 23.6. The summed E-state index contributed by atoms with van der Waals surface area (Å²) in [6.07, 6.45) is 1.76. The number of carbonyl (C=O) groups is 1. The van der Waals surface area contributed by atoms with Crippen molar-refractivity contribution in [1.29, 1.82) is 0 Å². The van der Waals surface area contributed by atoms with E-state index in [1.165, 1.54) is 0 Å². The van der Waals surface area contributed by atoms with Gasteiger partial charge in [-0.1, -0.05) is 25.6 Å². The molecule has 0 aliphatic rings. The summed E-state index contributed by atoms with van der Waals surface area (Å²) in [6, 6.07) is 7.10. The Balaban J connectivity index is 1.68. The molecule has 1 amide bonds. The second-order valence-corrected chi connectivity index (χ2v) is 9.01. The number of benzene rings is 1. The van der Waals surface area contributed by atoms with Gasteiger partial charge in [-0.3, -0.25) is 4.79 Å². The highest BCUT2D eigenvalue weighted by molar-refractivity contribution is 7.99. The van der Waals surface area contributed by atoms with Crippen molar-refractivity contribution in [3.8, 4) is 5.75 Å². The van der Waals surface area contributed by atoms with Crippen LogP contribution >= 0.6 is 11.8 Å². The molecule has 0 bridgehead atoms. The Bertz CT molecular complexity index is 1040. The highest BCUT2D eigenvalue weighted by atomic mass is 32.2. The van der Waals surface area contributed by atoms with Crippen LogP contribution in [0.5, 0.6) is 5.75 Å². The van der Waals surface area contributed by atoms with Crippen molar-refractivity contribution in [2.75, 3.05) is 38.2 Å². The van der Waals surface area contributed by atoms with Crippen LogP contribution in [-0.4, -0.2) is 63.8 Å². The SMILES string of the molecule is CCOCCNc1nc(SC(C)C)nc2c1cnn2CCNC(=O)c1ccc(OCC)cc1. The Hall–Kier alpha value is -2.85. The standard InChI is InChI=1S/C23H32N6O3S/c1-5-31-14-12-24-20-19-15-26-29(21(19)28-23(27-20)33-16(3)4)13-11-25-22(30)17-7-9-18(10-8-17)32-6-2/h7-10,15-16H,5-6,11-14H2,1-4H3,(H,25,30)(H,24,27,28). The minimum absolute atomic E-state index is 0.140. The number of amides is 1. The van der Waals surface area contributed by atoms with Gasteiger partial charge in [-0.05, 0) is 38.1 Å². The van der Waals surface area contributed by atoms with Crippen LogP contribution < -0.4 is 15.4 Å². The van der Waals surface area contributed by atoms with E-state index < -0.39 is 0 Å². The molecule has 0 unspecified atom stereocenters. The molecule has 0 saturated heterocycles. The average Bonchev–Trinajstić information content (AvgIpc) is 3.20. The molecule has 3 rings (SSSR count). The van der Waals surface area contributed by atoms with Gasteiger partial charge in [-0.15, -0.1) is 0 Å². The fourth-order valence-electron chi connectivity index (χ4n) is 3.13. The summed E-state index contributed by atoms with van der Waals surface area (Å²) in [5.74, 6) is 1.35. The van der Waals surface area contributed by atoms with E-state index >= 15 is 0 Å². The number of rotatable bonds is 13. The third kappa shape index (κ3) is 7.06. The van der Waals surface area contributed by atoms with Crippen molar-refractivity contribution >= 4 is 34.5 Å². The van der Waals surface area contributed by atoms with Gasteiger partial charge < -0.3 is 20.1 Å². The second-order valence-electron chi connectivity index (χ2n) is 7.46. The van der Waals surface area contributed by atoms with E-state index in [2.05, 4.69) is 34.6 Å². The zero-order valence-electron chi connectivity index (χ0n) is 19.6. The van der Waals surface area contributed by atoms with Crippen molar-refractivity contribution in [1.82, 2.24) is 25.1 Å². The smallest absolute Gasteiger partial charge is 0.251 e. The molecule has 2 aromatic heterocycles. The van der Waals surface area contributed by atoms with Gasteiger partial charge in [0, 0.05) is 30.5 Å². The number of carbonyl (C=O) groups excluding carboxylic acids is 1. The summed E-state index contributed by atoms with van der Waals surface area (Å²) >= 11 is 1.60. The third-order valence-corrected chi connectivity index (χ3v) is 5.46. The van der Waals surface area contributed by atoms with E-state index in [-0.39, 0.29) is 5.91 Å². The first kappa shape index (κ1) is 24.8. The minimum Gasteiger partial charge on any atom is -0.494 e. The molecule has 178 valence electrons. The Morgan fingerprint density at radius 3 is 2.61 bits per heavy atom. The summed E-state index contributed by atoms with van der Waals surface area (Å²) in [6.45, 7) is 11.5. The molecule has 2 heterocycles. The lowest BCUT2D eigenvalue weighted by Gasteiger charge is -2.11. The lowest BCUT2D eigenvalue weighted by Crippen LogP contribution is -2.27. The van der Waals surface area contributed by atoms with Gasteiger partial charge in [-0.2, -0.15) is 5.10 Å². The Morgan fingerprint density at radius 2 is 1.91 bits per heavy atom. The predicted molar refractivity (Wildman–Crippen MR) is 131 cm³/mol. The number of ether oxygens (including phenoxy) is 2. The topological polar surface area (TPSA) is 103 Å². The molecule has 0 spiro atoms. The highest BCUT2D eigenvalue weighted by Gasteiger charge is 2.14. The molecule has 0 radical (unpaired) electrons. The number of thioether (sulfide) groups is 1. The van der Waals surface area contributed by atoms with Crippen molar-refractivity contribution < 1.29 is 14.3 Å². The van der Waals surface area contributed by atoms with E-state index in [0.717, 1.165) is 22.6 Å². The molecule has 0 fully saturated rings. The van der Waals surface area contributed by atoms with E-state index in [9.17, 15) is 4.79 Å². The quantitative estimate of drug-likeness (QED) is 0.221. The van der Waals surface area contributed by atoms with Crippen LogP contribution in [0, 0.1) is 0 Å². The average molecular weight is 473 g/mol. The van der Waals surface area contributed by atoms with E-state index in [0.29, 0.717) is 55.4 Å². The van der Waals surface area contributed by atoms with Crippen molar-refractivity contribution in [3.05, 3.63) is 36.0 Å². The van der Waals surface area contributed by atoms with Gasteiger partial charge in [0.1, 0.15) is 11.6 Å². The molecular weight excluding hydrogens is 440 g/mol. The molecule has 10 heteroatoms. The van der Waals surface area contributed by atoms with Crippen LogP contribution in [0.1, 0.15) is 38.1 Å². The lowest BCUT2D eigenvalue weighted by molar-refractivity contribution is 0.0952. The van der Waals surface area contributed by atoms with Gasteiger partial charge >= 0.3 is 0 Å².